The number of benzene rings is 2. The van der Waals surface area contributed by atoms with Crippen molar-refractivity contribution in [1.82, 2.24) is 5.32 Å². The number of aliphatic imine (C=N–C) groups is 1. The number of rotatable bonds is 3. The van der Waals surface area contributed by atoms with Crippen LogP contribution < -0.4 is 5.32 Å². The van der Waals surface area contributed by atoms with E-state index in [1.807, 2.05) is 13.0 Å². The minimum Gasteiger partial charge on any atom is -0.325 e. The molecule has 5 nitrogen and oxygen atoms in total. The van der Waals surface area contributed by atoms with Crippen molar-refractivity contribution in [3.63, 3.8) is 0 Å². The molecule has 1 amide bonds. The Balaban J connectivity index is 1.99. The van der Waals surface area contributed by atoms with Gasteiger partial charge in [0.1, 0.15) is 17.6 Å². The molecule has 0 saturated heterocycles. The molecule has 0 saturated carbocycles. The molecule has 1 aliphatic rings. The molecular weight excluding hydrogens is 374 g/mol. The normalized spacial score (nSPS) is 20.8. The van der Waals surface area contributed by atoms with E-state index >= 15 is 0 Å². The van der Waals surface area contributed by atoms with Gasteiger partial charge >= 0.3 is 0 Å². The molecule has 146 valence electrons. The van der Waals surface area contributed by atoms with Gasteiger partial charge in [-0.1, -0.05) is 13.0 Å². The summed E-state index contributed by atoms with van der Waals surface area (Å²) in [5.74, 6) is -3.14. The Hall–Kier alpha value is -3.66. The molecule has 1 aliphatic heterocycles. The quantitative estimate of drug-likeness (QED) is 0.760. The van der Waals surface area contributed by atoms with Crippen LogP contribution in [-0.2, 0) is 4.79 Å². The van der Waals surface area contributed by atoms with Gasteiger partial charge in [0.25, 0.3) is 0 Å². The minimum atomic E-state index is -0.937. The van der Waals surface area contributed by atoms with Crippen molar-refractivity contribution in [1.29, 1.82) is 10.7 Å². The second-order valence-electron chi connectivity index (χ2n) is 6.71. The average Bonchev–Trinajstić information content (AvgIpc) is 2.70. The molecule has 0 spiro atoms. The summed E-state index contributed by atoms with van der Waals surface area (Å²) in [6, 6.07) is 11.8. The number of nitrogens with zero attached hydrogens (tertiary/aromatic N) is 2. The summed E-state index contributed by atoms with van der Waals surface area (Å²) < 4.78 is 27.4. The van der Waals surface area contributed by atoms with E-state index in [9.17, 15) is 13.6 Å². The number of amides is 1. The molecule has 3 rings (SSSR count). The molecule has 1 heterocycles. The molecule has 2 aromatic rings. The molecule has 0 bridgehead atoms. The molecular formula is C22H18F2N4O. The highest BCUT2D eigenvalue weighted by Crippen LogP contribution is 2.26. The van der Waals surface area contributed by atoms with Gasteiger partial charge in [-0.2, -0.15) is 5.26 Å². The van der Waals surface area contributed by atoms with Gasteiger partial charge in [-0.3, -0.25) is 9.79 Å². The van der Waals surface area contributed by atoms with Gasteiger partial charge in [-0.15, -0.1) is 0 Å². The smallest absolute Gasteiger partial charge is 0.238 e. The second-order valence-corrected chi connectivity index (χ2v) is 6.71. The number of carbonyl (C=O) groups is 1. The minimum absolute atomic E-state index is 0.0863. The first-order chi connectivity index (χ1) is 13.9. The highest BCUT2D eigenvalue weighted by molar-refractivity contribution is 6.18. The maximum absolute atomic E-state index is 14.2. The summed E-state index contributed by atoms with van der Waals surface area (Å²) in [7, 11) is 0. The fraction of sp³-hybridized carbons (Fsp3) is 0.182. The predicted octanol–water partition coefficient (Wildman–Crippen LogP) is 4.37. The summed E-state index contributed by atoms with van der Waals surface area (Å²) in [5.41, 5.74) is 1.89. The van der Waals surface area contributed by atoms with E-state index in [4.69, 9.17) is 10.7 Å². The highest BCUT2D eigenvalue weighted by Gasteiger charge is 2.29. The van der Waals surface area contributed by atoms with Crippen molar-refractivity contribution < 1.29 is 13.6 Å². The number of carbonyl (C=O) groups excluding carboxylic acids is 1. The monoisotopic (exact) mass is 392 g/mol. The fourth-order valence-electron chi connectivity index (χ4n) is 3.10. The molecule has 29 heavy (non-hydrogen) atoms. The van der Waals surface area contributed by atoms with Crippen molar-refractivity contribution in [2.24, 2.45) is 16.8 Å². The Bertz CT molecular complexity index is 1050. The van der Waals surface area contributed by atoms with E-state index in [0.717, 1.165) is 18.3 Å². The fourth-order valence-corrected chi connectivity index (χ4v) is 3.10. The zero-order valence-corrected chi connectivity index (χ0v) is 15.6. The topological polar surface area (TPSA) is 89.1 Å². The van der Waals surface area contributed by atoms with Crippen molar-refractivity contribution in [3.8, 4) is 6.07 Å². The van der Waals surface area contributed by atoms with Crippen molar-refractivity contribution in [3.05, 3.63) is 71.3 Å². The Morgan fingerprint density at radius 1 is 1.24 bits per heavy atom. The third-order valence-electron chi connectivity index (χ3n) is 4.68. The van der Waals surface area contributed by atoms with Crippen molar-refractivity contribution in [2.45, 2.75) is 13.3 Å². The first kappa shape index (κ1) is 20.1. The zero-order valence-electron chi connectivity index (χ0n) is 15.6. The van der Waals surface area contributed by atoms with Crippen LogP contribution in [0.2, 0.25) is 0 Å². The maximum atomic E-state index is 14.2. The molecule has 0 aromatic heterocycles. The van der Waals surface area contributed by atoms with E-state index in [1.165, 1.54) is 6.07 Å². The van der Waals surface area contributed by atoms with Gasteiger partial charge in [0, 0.05) is 29.3 Å². The van der Waals surface area contributed by atoms with E-state index in [-0.39, 0.29) is 17.2 Å². The lowest BCUT2D eigenvalue weighted by Gasteiger charge is -2.24. The van der Waals surface area contributed by atoms with E-state index in [0.29, 0.717) is 23.4 Å². The van der Waals surface area contributed by atoms with Crippen molar-refractivity contribution >= 4 is 29.2 Å². The summed E-state index contributed by atoms with van der Waals surface area (Å²) in [5, 5.41) is 19.3. The van der Waals surface area contributed by atoms with Gasteiger partial charge in [0.05, 0.1) is 17.3 Å². The van der Waals surface area contributed by atoms with Crippen LogP contribution in [0.15, 0.2) is 53.5 Å². The van der Waals surface area contributed by atoms with Crippen LogP contribution in [0.5, 0.6) is 0 Å². The molecule has 0 fully saturated rings. The van der Waals surface area contributed by atoms with Crippen LogP contribution in [0, 0.1) is 40.2 Å². The Morgan fingerprint density at radius 3 is 2.59 bits per heavy atom. The van der Waals surface area contributed by atoms with Crippen LogP contribution in [0.25, 0.3) is 5.70 Å². The molecule has 2 N–H and O–H groups in total. The second kappa shape index (κ2) is 8.57. The van der Waals surface area contributed by atoms with Crippen LogP contribution in [0.1, 0.15) is 24.5 Å². The Labute approximate surface area is 166 Å². The van der Waals surface area contributed by atoms with Gasteiger partial charge < -0.3 is 10.7 Å². The van der Waals surface area contributed by atoms with E-state index in [2.05, 4.69) is 10.3 Å². The van der Waals surface area contributed by atoms with Crippen LogP contribution >= 0.6 is 0 Å². The van der Waals surface area contributed by atoms with Crippen LogP contribution in [0.3, 0.4) is 0 Å². The number of halogens is 2. The summed E-state index contributed by atoms with van der Waals surface area (Å²) in [6.45, 7) is 1.87. The van der Waals surface area contributed by atoms with Crippen molar-refractivity contribution in [2.75, 3.05) is 0 Å². The SMILES string of the molecule is CC1CC=C(c2ccc(F)cc2F)NC(=O)C(C=N)C1=Nc1ccc(C#N)cc1. The van der Waals surface area contributed by atoms with Gasteiger partial charge in [-0.05, 0) is 48.7 Å². The van der Waals surface area contributed by atoms with Crippen LogP contribution in [0.4, 0.5) is 14.5 Å². The molecule has 2 unspecified atom stereocenters. The van der Waals surface area contributed by atoms with E-state index in [1.54, 1.807) is 30.3 Å². The molecule has 2 atom stereocenters. The lowest BCUT2D eigenvalue weighted by atomic mass is 9.88. The van der Waals surface area contributed by atoms with E-state index < -0.39 is 23.5 Å². The third kappa shape index (κ3) is 4.43. The molecule has 7 heteroatoms. The van der Waals surface area contributed by atoms with Gasteiger partial charge in [0.2, 0.25) is 5.91 Å². The summed E-state index contributed by atoms with van der Waals surface area (Å²) in [4.78, 5) is 17.3. The molecule has 0 aliphatic carbocycles. The predicted molar refractivity (Wildman–Crippen MR) is 107 cm³/mol. The maximum Gasteiger partial charge on any atom is 0.238 e. The largest absolute Gasteiger partial charge is 0.325 e. The number of nitrogens with one attached hydrogen (secondary N) is 2. The Morgan fingerprint density at radius 2 is 1.97 bits per heavy atom. The standard InChI is InChI=1S/C22H18F2N4O/c1-13-2-9-20(17-8-5-15(23)10-19(17)24)28-22(29)18(12-26)21(13)27-16-6-3-14(11-25)4-7-16/h3-10,12-13,18,26H,2H2,1H3,(H,28,29). The number of hydrogen-bond acceptors (Lipinski definition) is 4. The molecule has 0 radical (unpaired) electrons. The highest BCUT2D eigenvalue weighted by atomic mass is 19.1. The Kier molecular flexibility index (Phi) is 5.93. The number of hydrogen-bond donors (Lipinski definition) is 2. The first-order valence-electron chi connectivity index (χ1n) is 8.98. The van der Waals surface area contributed by atoms with Gasteiger partial charge in [0.15, 0.2) is 0 Å². The number of allylic oxidation sites excluding steroid dienone is 1. The molecule has 2 aromatic carbocycles. The summed E-state index contributed by atoms with van der Waals surface area (Å²) >= 11 is 0. The first-order valence-corrected chi connectivity index (χ1v) is 8.98. The lowest BCUT2D eigenvalue weighted by molar-refractivity contribution is -0.120. The summed E-state index contributed by atoms with van der Waals surface area (Å²) in [6.07, 6.45) is 3.11. The lowest BCUT2D eigenvalue weighted by Crippen LogP contribution is -2.39. The third-order valence-corrected chi connectivity index (χ3v) is 4.68. The number of nitriles is 1. The van der Waals surface area contributed by atoms with Gasteiger partial charge in [-0.25, -0.2) is 8.78 Å². The average molecular weight is 392 g/mol. The van der Waals surface area contributed by atoms with Crippen LogP contribution in [-0.4, -0.2) is 17.8 Å². The zero-order chi connectivity index (χ0) is 21.0.